The minimum absolute atomic E-state index is 0.225. The average molecular weight is 472 g/mol. The van der Waals surface area contributed by atoms with Crippen LogP contribution in [0.5, 0.6) is 0 Å². The highest BCUT2D eigenvalue weighted by atomic mass is 19.4. The van der Waals surface area contributed by atoms with Crippen LogP contribution in [0.15, 0.2) is 36.4 Å². The zero-order valence-electron chi connectivity index (χ0n) is 20.4. The highest BCUT2D eigenvalue weighted by molar-refractivity contribution is 5.95. The third kappa shape index (κ3) is 4.69. The second-order valence-corrected chi connectivity index (χ2v) is 9.24. The summed E-state index contributed by atoms with van der Waals surface area (Å²) in [5, 5.41) is 13.9. The van der Waals surface area contributed by atoms with Crippen molar-refractivity contribution in [2.24, 2.45) is 0 Å². The summed E-state index contributed by atoms with van der Waals surface area (Å²) in [6.45, 7) is 10.4. The first-order valence-corrected chi connectivity index (χ1v) is 11.8. The lowest BCUT2D eigenvalue weighted by atomic mass is 9.97. The van der Waals surface area contributed by atoms with E-state index in [1.807, 2.05) is 13.8 Å². The van der Waals surface area contributed by atoms with Gasteiger partial charge in [0, 0.05) is 42.1 Å². The highest BCUT2D eigenvalue weighted by Crippen LogP contribution is 2.36. The van der Waals surface area contributed by atoms with Crippen LogP contribution in [0.25, 0.3) is 10.8 Å². The number of nitrogens with zero attached hydrogens (tertiary/aromatic N) is 4. The number of aryl methyl sites for hydroxylation is 1. The number of hydrogen-bond acceptors (Lipinski definition) is 5. The van der Waals surface area contributed by atoms with Gasteiger partial charge in [0.25, 0.3) is 0 Å². The average Bonchev–Trinajstić information content (AvgIpc) is 2.80. The van der Waals surface area contributed by atoms with Crippen molar-refractivity contribution in [1.82, 2.24) is 15.1 Å². The van der Waals surface area contributed by atoms with Gasteiger partial charge >= 0.3 is 6.18 Å². The van der Waals surface area contributed by atoms with Gasteiger partial charge in [0.05, 0.1) is 17.3 Å². The SMILES string of the molecule is CC[C@@H]1CN(c2ccc3c(C)nnc(N[C@H](C)c4cccc(C(F)(F)F)c4C)c3c2)CCN1C. The molecule has 1 aromatic heterocycles. The minimum atomic E-state index is -4.38. The molecule has 0 spiro atoms. The summed E-state index contributed by atoms with van der Waals surface area (Å²) < 4.78 is 40.3. The van der Waals surface area contributed by atoms with Crippen LogP contribution in [0.1, 0.15) is 48.7 Å². The van der Waals surface area contributed by atoms with Crippen LogP contribution in [0.2, 0.25) is 0 Å². The summed E-state index contributed by atoms with van der Waals surface area (Å²) in [6, 6.07) is 10.8. The quantitative estimate of drug-likeness (QED) is 0.497. The van der Waals surface area contributed by atoms with Gasteiger partial charge < -0.3 is 10.2 Å². The van der Waals surface area contributed by atoms with E-state index in [2.05, 4.69) is 57.5 Å². The fourth-order valence-electron chi connectivity index (χ4n) is 4.91. The van der Waals surface area contributed by atoms with E-state index in [0.717, 1.165) is 54.3 Å². The summed E-state index contributed by atoms with van der Waals surface area (Å²) in [4.78, 5) is 4.80. The van der Waals surface area contributed by atoms with Crippen LogP contribution >= 0.6 is 0 Å². The molecule has 0 bridgehead atoms. The van der Waals surface area contributed by atoms with Crippen LogP contribution in [-0.4, -0.2) is 47.8 Å². The minimum Gasteiger partial charge on any atom is -0.369 e. The fraction of sp³-hybridized carbons (Fsp3) is 0.462. The maximum atomic E-state index is 13.4. The Kier molecular flexibility index (Phi) is 6.71. The Morgan fingerprint density at radius 2 is 1.85 bits per heavy atom. The summed E-state index contributed by atoms with van der Waals surface area (Å²) >= 11 is 0. The second kappa shape index (κ2) is 9.41. The Balaban J connectivity index is 1.68. The Hall–Kier alpha value is -2.87. The topological polar surface area (TPSA) is 44.3 Å². The zero-order valence-corrected chi connectivity index (χ0v) is 20.4. The van der Waals surface area contributed by atoms with Crippen molar-refractivity contribution < 1.29 is 13.2 Å². The molecular weight excluding hydrogens is 439 g/mol. The van der Waals surface area contributed by atoms with Gasteiger partial charge in [-0.1, -0.05) is 25.1 Å². The maximum Gasteiger partial charge on any atom is 0.416 e. The van der Waals surface area contributed by atoms with E-state index in [0.29, 0.717) is 17.4 Å². The molecule has 2 atom stereocenters. The van der Waals surface area contributed by atoms with Gasteiger partial charge in [-0.25, -0.2) is 0 Å². The van der Waals surface area contributed by atoms with Gasteiger partial charge in [-0.05, 0) is 63.6 Å². The normalized spacial score (nSPS) is 18.4. The molecule has 1 aliphatic heterocycles. The molecule has 5 nitrogen and oxygen atoms in total. The largest absolute Gasteiger partial charge is 0.416 e. The van der Waals surface area contributed by atoms with E-state index in [1.54, 1.807) is 6.07 Å². The third-order valence-electron chi connectivity index (χ3n) is 7.06. The van der Waals surface area contributed by atoms with E-state index in [4.69, 9.17) is 0 Å². The molecule has 2 aromatic carbocycles. The summed E-state index contributed by atoms with van der Waals surface area (Å²) in [5.41, 5.74) is 2.15. The van der Waals surface area contributed by atoms with Crippen LogP contribution in [0, 0.1) is 13.8 Å². The first kappa shape index (κ1) is 24.3. The number of benzene rings is 2. The number of nitrogens with one attached hydrogen (secondary N) is 1. The number of fused-ring (bicyclic) bond motifs is 1. The molecule has 34 heavy (non-hydrogen) atoms. The third-order valence-corrected chi connectivity index (χ3v) is 7.06. The molecule has 1 aliphatic rings. The van der Waals surface area contributed by atoms with Crippen LogP contribution < -0.4 is 10.2 Å². The zero-order chi connectivity index (χ0) is 24.6. The highest BCUT2D eigenvalue weighted by Gasteiger charge is 2.33. The van der Waals surface area contributed by atoms with Gasteiger partial charge in [-0.2, -0.15) is 18.3 Å². The number of hydrogen-bond donors (Lipinski definition) is 1. The van der Waals surface area contributed by atoms with Crippen molar-refractivity contribution in [3.63, 3.8) is 0 Å². The number of aromatic nitrogens is 2. The Morgan fingerprint density at radius 3 is 2.56 bits per heavy atom. The summed E-state index contributed by atoms with van der Waals surface area (Å²) in [7, 11) is 2.17. The molecular formula is C26H32F3N5. The molecule has 2 heterocycles. The van der Waals surface area contributed by atoms with Gasteiger partial charge in [0.2, 0.25) is 0 Å². The van der Waals surface area contributed by atoms with Crippen molar-refractivity contribution in [3.8, 4) is 0 Å². The van der Waals surface area contributed by atoms with Crippen LogP contribution in [-0.2, 0) is 6.18 Å². The molecule has 0 radical (unpaired) electrons. The lowest BCUT2D eigenvalue weighted by molar-refractivity contribution is -0.138. The number of alkyl halides is 3. The van der Waals surface area contributed by atoms with E-state index in [1.165, 1.54) is 13.0 Å². The van der Waals surface area contributed by atoms with Gasteiger partial charge in [-0.15, -0.1) is 5.10 Å². The van der Waals surface area contributed by atoms with Crippen molar-refractivity contribution in [2.45, 2.75) is 52.4 Å². The van der Waals surface area contributed by atoms with Crippen LogP contribution in [0.3, 0.4) is 0 Å². The lowest BCUT2D eigenvalue weighted by Gasteiger charge is -2.40. The van der Waals surface area contributed by atoms with E-state index in [9.17, 15) is 13.2 Å². The molecule has 1 fully saturated rings. The number of rotatable bonds is 5. The van der Waals surface area contributed by atoms with E-state index < -0.39 is 11.7 Å². The molecule has 1 saturated heterocycles. The fourth-order valence-corrected chi connectivity index (χ4v) is 4.91. The maximum absolute atomic E-state index is 13.4. The molecule has 0 aliphatic carbocycles. The molecule has 0 saturated carbocycles. The summed E-state index contributed by atoms with van der Waals surface area (Å²) in [6.07, 6.45) is -3.30. The molecule has 1 N–H and O–H groups in total. The van der Waals surface area contributed by atoms with Gasteiger partial charge in [0.15, 0.2) is 5.82 Å². The van der Waals surface area contributed by atoms with Gasteiger partial charge in [-0.3, -0.25) is 4.90 Å². The smallest absolute Gasteiger partial charge is 0.369 e. The predicted molar refractivity (Wildman–Crippen MR) is 131 cm³/mol. The lowest BCUT2D eigenvalue weighted by Crippen LogP contribution is -2.51. The number of likely N-dealkylation sites (N-methyl/N-ethyl adjacent to an activating group) is 1. The van der Waals surface area contributed by atoms with Gasteiger partial charge in [0.1, 0.15) is 0 Å². The summed E-state index contributed by atoms with van der Waals surface area (Å²) in [5.74, 6) is 0.577. The molecule has 3 aromatic rings. The monoisotopic (exact) mass is 471 g/mol. The van der Waals surface area contributed by atoms with Crippen molar-refractivity contribution in [1.29, 1.82) is 0 Å². The van der Waals surface area contributed by atoms with Crippen LogP contribution in [0.4, 0.5) is 24.7 Å². The first-order valence-electron chi connectivity index (χ1n) is 11.8. The number of anilines is 2. The Morgan fingerprint density at radius 1 is 1.09 bits per heavy atom. The van der Waals surface area contributed by atoms with Crippen molar-refractivity contribution >= 4 is 22.3 Å². The molecule has 8 heteroatoms. The molecule has 0 unspecified atom stereocenters. The first-order chi connectivity index (χ1) is 16.1. The van der Waals surface area contributed by atoms with Crippen molar-refractivity contribution in [2.75, 3.05) is 36.9 Å². The van der Waals surface area contributed by atoms with Crippen molar-refractivity contribution in [3.05, 3.63) is 58.8 Å². The number of halogens is 3. The molecule has 0 amide bonds. The Bertz CT molecular complexity index is 1180. The standard InChI is InChI=1S/C26H32F3N5/c1-6-19-15-34(13-12-33(19)5)20-10-11-22-18(4)31-32-25(23(22)14-20)30-17(3)21-8-7-9-24(16(21)2)26(27,28)29/h7-11,14,17,19H,6,12-13,15H2,1-5H3,(H,30,32)/t17-,19-/m1/s1. The predicted octanol–water partition coefficient (Wildman–Crippen LogP) is 5.97. The molecule has 4 rings (SSSR count). The molecule has 182 valence electrons. The number of piperazine rings is 1. The second-order valence-electron chi connectivity index (χ2n) is 9.24. The Labute approximate surface area is 199 Å². The van der Waals surface area contributed by atoms with E-state index in [-0.39, 0.29) is 11.6 Å². The van der Waals surface area contributed by atoms with E-state index >= 15 is 0 Å².